The summed E-state index contributed by atoms with van der Waals surface area (Å²) in [5.74, 6) is -0.00869. The number of nitrogens with zero attached hydrogens (tertiary/aromatic N) is 1. The molecule has 0 atom stereocenters. The maximum atomic E-state index is 11.2. The summed E-state index contributed by atoms with van der Waals surface area (Å²) in [5, 5.41) is 6.72. The van der Waals surface area contributed by atoms with Gasteiger partial charge in [0.15, 0.2) is 0 Å². The topological polar surface area (TPSA) is 80.0 Å². The standard InChI is InChI=1S/C13H15BrN4O/c1-16-12(19)4-5-17-13-9-6-8(14)2-3-11(9)18-7-10(13)15/h2-3,6-7H,4-5,15H2,1H3,(H,16,19)(H,17,18). The average molecular weight is 323 g/mol. The summed E-state index contributed by atoms with van der Waals surface area (Å²) in [6.45, 7) is 0.523. The molecular weight excluding hydrogens is 308 g/mol. The second-order valence-electron chi connectivity index (χ2n) is 4.10. The van der Waals surface area contributed by atoms with Crippen LogP contribution in [0.5, 0.6) is 0 Å². The van der Waals surface area contributed by atoms with E-state index < -0.39 is 0 Å². The Morgan fingerprint density at radius 3 is 3.00 bits per heavy atom. The number of rotatable bonds is 4. The van der Waals surface area contributed by atoms with Crippen LogP contribution in [-0.4, -0.2) is 24.5 Å². The Hall–Kier alpha value is -1.82. The van der Waals surface area contributed by atoms with Gasteiger partial charge in [0.25, 0.3) is 0 Å². The predicted octanol–water partition coefficient (Wildman–Crippen LogP) is 2.13. The number of nitrogen functional groups attached to an aromatic ring is 1. The van der Waals surface area contributed by atoms with Crippen molar-refractivity contribution in [1.82, 2.24) is 10.3 Å². The van der Waals surface area contributed by atoms with Gasteiger partial charge >= 0.3 is 0 Å². The second-order valence-corrected chi connectivity index (χ2v) is 5.02. The van der Waals surface area contributed by atoms with Crippen molar-refractivity contribution in [3.05, 3.63) is 28.9 Å². The fraction of sp³-hybridized carbons (Fsp3) is 0.231. The smallest absolute Gasteiger partial charge is 0.221 e. The summed E-state index contributed by atoms with van der Waals surface area (Å²) in [7, 11) is 1.62. The Morgan fingerprint density at radius 2 is 2.26 bits per heavy atom. The monoisotopic (exact) mass is 322 g/mol. The van der Waals surface area contributed by atoms with Crippen LogP contribution in [0.15, 0.2) is 28.9 Å². The quantitative estimate of drug-likeness (QED) is 0.805. The van der Waals surface area contributed by atoms with Gasteiger partial charge < -0.3 is 16.4 Å². The number of nitrogens with one attached hydrogen (secondary N) is 2. The Kier molecular flexibility index (Phi) is 4.21. The largest absolute Gasteiger partial charge is 0.396 e. The fourth-order valence-electron chi connectivity index (χ4n) is 1.80. The average Bonchev–Trinajstić information content (AvgIpc) is 2.41. The molecule has 1 aromatic heterocycles. The van der Waals surface area contributed by atoms with Gasteiger partial charge in [-0.3, -0.25) is 9.78 Å². The van der Waals surface area contributed by atoms with Gasteiger partial charge in [0.1, 0.15) is 0 Å². The number of amides is 1. The third-order valence-electron chi connectivity index (χ3n) is 2.79. The molecule has 0 unspecified atom stereocenters. The van der Waals surface area contributed by atoms with Crippen LogP contribution in [0, 0.1) is 0 Å². The minimum atomic E-state index is -0.00869. The van der Waals surface area contributed by atoms with Crippen molar-refractivity contribution in [2.45, 2.75) is 6.42 Å². The lowest BCUT2D eigenvalue weighted by molar-refractivity contribution is -0.120. The van der Waals surface area contributed by atoms with E-state index >= 15 is 0 Å². The van der Waals surface area contributed by atoms with Gasteiger partial charge in [0, 0.05) is 29.9 Å². The van der Waals surface area contributed by atoms with Crippen LogP contribution in [0.25, 0.3) is 10.9 Å². The Balaban J connectivity index is 2.27. The molecule has 4 N–H and O–H groups in total. The van der Waals surface area contributed by atoms with Gasteiger partial charge in [0.2, 0.25) is 5.91 Å². The molecule has 0 aliphatic heterocycles. The Labute approximate surface area is 119 Å². The number of anilines is 2. The molecule has 2 rings (SSSR count). The maximum Gasteiger partial charge on any atom is 0.221 e. The third-order valence-corrected chi connectivity index (χ3v) is 3.29. The molecule has 0 fully saturated rings. The first kappa shape index (κ1) is 13.6. The fourth-order valence-corrected chi connectivity index (χ4v) is 2.16. The number of fused-ring (bicyclic) bond motifs is 1. The Bertz CT molecular complexity index is 610. The number of carbonyl (C=O) groups excluding carboxylic acids is 1. The Morgan fingerprint density at radius 1 is 1.47 bits per heavy atom. The van der Waals surface area contributed by atoms with Crippen molar-refractivity contribution in [3.8, 4) is 0 Å². The molecule has 0 saturated carbocycles. The van der Waals surface area contributed by atoms with Crippen molar-refractivity contribution in [3.63, 3.8) is 0 Å². The SMILES string of the molecule is CNC(=O)CCNc1c(N)cnc2ccc(Br)cc12. The van der Waals surface area contributed by atoms with Crippen LogP contribution in [0.4, 0.5) is 11.4 Å². The molecule has 100 valence electrons. The molecule has 2 aromatic rings. The zero-order valence-corrected chi connectivity index (χ0v) is 12.1. The molecule has 1 amide bonds. The predicted molar refractivity (Wildman–Crippen MR) is 81.0 cm³/mol. The molecule has 0 aliphatic rings. The summed E-state index contributed by atoms with van der Waals surface area (Å²) >= 11 is 3.43. The van der Waals surface area contributed by atoms with Gasteiger partial charge in [0.05, 0.1) is 23.1 Å². The normalized spacial score (nSPS) is 10.4. The summed E-state index contributed by atoms with van der Waals surface area (Å²) < 4.78 is 0.960. The number of carbonyl (C=O) groups is 1. The zero-order valence-electron chi connectivity index (χ0n) is 10.5. The van der Waals surface area contributed by atoms with Crippen molar-refractivity contribution >= 4 is 44.1 Å². The van der Waals surface area contributed by atoms with Crippen molar-refractivity contribution < 1.29 is 4.79 Å². The lowest BCUT2D eigenvalue weighted by Crippen LogP contribution is -2.21. The van der Waals surface area contributed by atoms with Crippen LogP contribution < -0.4 is 16.4 Å². The van der Waals surface area contributed by atoms with Crippen LogP contribution in [0.2, 0.25) is 0 Å². The highest BCUT2D eigenvalue weighted by Gasteiger charge is 2.07. The molecule has 5 nitrogen and oxygen atoms in total. The molecular formula is C13H15BrN4O. The lowest BCUT2D eigenvalue weighted by Gasteiger charge is -2.12. The first-order valence-electron chi connectivity index (χ1n) is 5.90. The number of halogens is 1. The van der Waals surface area contributed by atoms with Gasteiger partial charge in [-0.15, -0.1) is 0 Å². The number of aromatic nitrogens is 1. The number of hydrogen-bond donors (Lipinski definition) is 3. The van der Waals surface area contributed by atoms with Gasteiger partial charge in [-0.2, -0.15) is 0 Å². The second kappa shape index (κ2) is 5.88. The summed E-state index contributed by atoms with van der Waals surface area (Å²) in [6, 6.07) is 5.81. The molecule has 0 radical (unpaired) electrons. The minimum Gasteiger partial charge on any atom is -0.396 e. The number of nitrogens with two attached hydrogens (primary N) is 1. The van der Waals surface area contributed by atoms with Crippen LogP contribution >= 0.6 is 15.9 Å². The number of hydrogen-bond acceptors (Lipinski definition) is 4. The molecule has 1 heterocycles. The molecule has 6 heteroatoms. The van der Waals surface area contributed by atoms with Crippen molar-refractivity contribution in [2.75, 3.05) is 24.6 Å². The van der Waals surface area contributed by atoms with E-state index in [4.69, 9.17) is 5.73 Å². The van der Waals surface area contributed by atoms with Gasteiger partial charge in [-0.25, -0.2) is 0 Å². The van der Waals surface area contributed by atoms with E-state index in [1.165, 1.54) is 0 Å². The van der Waals surface area contributed by atoms with E-state index in [9.17, 15) is 4.79 Å². The minimum absolute atomic E-state index is 0.00869. The molecule has 0 saturated heterocycles. The van der Waals surface area contributed by atoms with Crippen LogP contribution in [-0.2, 0) is 4.79 Å². The van der Waals surface area contributed by atoms with Crippen LogP contribution in [0.3, 0.4) is 0 Å². The summed E-state index contributed by atoms with van der Waals surface area (Å²) in [6.07, 6.45) is 2.02. The molecule has 19 heavy (non-hydrogen) atoms. The number of pyridine rings is 1. The molecule has 1 aromatic carbocycles. The maximum absolute atomic E-state index is 11.2. The van der Waals surface area contributed by atoms with E-state index in [0.29, 0.717) is 18.7 Å². The van der Waals surface area contributed by atoms with Crippen molar-refractivity contribution in [2.24, 2.45) is 0 Å². The summed E-state index contributed by atoms with van der Waals surface area (Å²) in [5.41, 5.74) is 8.19. The van der Waals surface area contributed by atoms with Gasteiger partial charge in [-0.1, -0.05) is 15.9 Å². The van der Waals surface area contributed by atoms with Gasteiger partial charge in [-0.05, 0) is 18.2 Å². The highest BCUT2D eigenvalue weighted by atomic mass is 79.9. The lowest BCUT2D eigenvalue weighted by atomic mass is 10.1. The first-order chi connectivity index (χ1) is 9.11. The highest BCUT2D eigenvalue weighted by molar-refractivity contribution is 9.10. The van der Waals surface area contributed by atoms with Crippen LogP contribution in [0.1, 0.15) is 6.42 Å². The molecule has 0 spiro atoms. The van der Waals surface area contributed by atoms with E-state index in [2.05, 4.69) is 31.5 Å². The molecule has 0 aliphatic carbocycles. The number of benzene rings is 1. The van der Waals surface area contributed by atoms with E-state index in [0.717, 1.165) is 21.1 Å². The third kappa shape index (κ3) is 3.14. The summed E-state index contributed by atoms with van der Waals surface area (Å²) in [4.78, 5) is 15.5. The zero-order chi connectivity index (χ0) is 13.8. The molecule has 0 bridgehead atoms. The van der Waals surface area contributed by atoms with Crippen molar-refractivity contribution in [1.29, 1.82) is 0 Å². The highest BCUT2D eigenvalue weighted by Crippen LogP contribution is 2.29. The van der Waals surface area contributed by atoms with E-state index in [-0.39, 0.29) is 5.91 Å². The van der Waals surface area contributed by atoms with E-state index in [1.54, 1.807) is 13.2 Å². The first-order valence-corrected chi connectivity index (χ1v) is 6.69. The van der Waals surface area contributed by atoms with E-state index in [1.807, 2.05) is 18.2 Å².